The van der Waals surface area contributed by atoms with Crippen molar-refractivity contribution in [2.75, 3.05) is 6.54 Å². The van der Waals surface area contributed by atoms with Crippen LogP contribution in [-0.4, -0.2) is 43.0 Å². The molecule has 112 valence electrons. The fourth-order valence-corrected chi connectivity index (χ4v) is 4.12. The third-order valence-corrected chi connectivity index (χ3v) is 5.37. The molecule has 0 radical (unpaired) electrons. The molecule has 3 rings (SSSR count). The molecule has 1 aromatic rings. The third-order valence-electron chi connectivity index (χ3n) is 3.92. The van der Waals surface area contributed by atoms with Crippen molar-refractivity contribution in [3.05, 3.63) is 12.4 Å². The number of sulfonamides is 1. The minimum Gasteiger partial charge on any atom is -0.373 e. The van der Waals surface area contributed by atoms with Crippen molar-refractivity contribution in [2.24, 2.45) is 5.73 Å². The Bertz CT molecular complexity index is 571. The van der Waals surface area contributed by atoms with E-state index in [9.17, 15) is 8.42 Å². The number of fused-ring (bicyclic) bond motifs is 2. The standard InChI is InChI=1S/C12H20N4O3S/c13-4-1-5-16-8-10(7-14-16)20(17,18)15-11-6-9-2-3-12(11)19-9/h7-9,11-12,15H,1-6,13H2. The number of ether oxygens (including phenoxy) is 1. The van der Waals surface area contributed by atoms with E-state index in [1.165, 1.54) is 6.20 Å². The van der Waals surface area contributed by atoms with Crippen molar-refractivity contribution in [1.82, 2.24) is 14.5 Å². The molecule has 2 bridgehead atoms. The van der Waals surface area contributed by atoms with Crippen LogP contribution in [0.15, 0.2) is 17.3 Å². The van der Waals surface area contributed by atoms with Crippen LogP contribution in [0.25, 0.3) is 0 Å². The van der Waals surface area contributed by atoms with Gasteiger partial charge < -0.3 is 10.5 Å². The molecule has 3 N–H and O–H groups in total. The molecule has 1 aromatic heterocycles. The normalized spacial score (nSPS) is 29.1. The predicted molar refractivity (Wildman–Crippen MR) is 72.5 cm³/mol. The van der Waals surface area contributed by atoms with E-state index in [-0.39, 0.29) is 23.1 Å². The van der Waals surface area contributed by atoms with Crippen molar-refractivity contribution in [3.8, 4) is 0 Å². The first-order valence-corrected chi connectivity index (χ1v) is 8.47. The van der Waals surface area contributed by atoms with E-state index < -0.39 is 10.0 Å². The summed E-state index contributed by atoms with van der Waals surface area (Å²) in [5, 5.41) is 4.05. The third kappa shape index (κ3) is 2.73. The minimum absolute atomic E-state index is 0.0297. The highest BCUT2D eigenvalue weighted by Crippen LogP contribution is 2.34. The summed E-state index contributed by atoms with van der Waals surface area (Å²) in [5.41, 5.74) is 5.43. The Kier molecular flexibility index (Phi) is 3.80. The van der Waals surface area contributed by atoms with E-state index in [1.54, 1.807) is 10.9 Å². The largest absolute Gasteiger partial charge is 0.373 e. The smallest absolute Gasteiger partial charge is 0.244 e. The lowest BCUT2D eigenvalue weighted by Crippen LogP contribution is -2.41. The Morgan fingerprint density at radius 2 is 2.35 bits per heavy atom. The van der Waals surface area contributed by atoms with E-state index in [1.807, 2.05) is 0 Å². The van der Waals surface area contributed by atoms with Crippen LogP contribution >= 0.6 is 0 Å². The second-order valence-corrected chi connectivity index (χ2v) is 7.13. The van der Waals surface area contributed by atoms with E-state index in [0.717, 1.165) is 25.7 Å². The zero-order valence-corrected chi connectivity index (χ0v) is 12.1. The van der Waals surface area contributed by atoms with E-state index in [4.69, 9.17) is 10.5 Å². The zero-order chi connectivity index (χ0) is 14.2. The van der Waals surface area contributed by atoms with Crippen LogP contribution in [0.4, 0.5) is 0 Å². The Labute approximate surface area is 118 Å². The predicted octanol–water partition coefficient (Wildman–Crippen LogP) is -0.170. The monoisotopic (exact) mass is 300 g/mol. The Hall–Kier alpha value is -0.960. The molecule has 20 heavy (non-hydrogen) atoms. The molecule has 0 amide bonds. The molecule has 7 nitrogen and oxygen atoms in total. The highest BCUT2D eigenvalue weighted by molar-refractivity contribution is 7.89. The van der Waals surface area contributed by atoms with Crippen LogP contribution < -0.4 is 10.5 Å². The second kappa shape index (κ2) is 5.44. The number of hydrogen-bond donors (Lipinski definition) is 2. The first kappa shape index (κ1) is 14.0. The maximum Gasteiger partial charge on any atom is 0.244 e. The molecule has 3 atom stereocenters. The lowest BCUT2D eigenvalue weighted by molar-refractivity contribution is 0.0996. The summed E-state index contributed by atoms with van der Waals surface area (Å²) >= 11 is 0. The number of hydrogen-bond acceptors (Lipinski definition) is 5. The molecule has 8 heteroatoms. The average Bonchev–Trinajstić information content (AvgIpc) is 3.11. The second-order valence-electron chi connectivity index (χ2n) is 5.42. The van der Waals surface area contributed by atoms with Crippen LogP contribution in [0.1, 0.15) is 25.7 Å². The van der Waals surface area contributed by atoms with Crippen molar-refractivity contribution in [3.63, 3.8) is 0 Å². The number of aromatic nitrogens is 2. The molecule has 0 spiro atoms. The number of rotatable bonds is 6. The Balaban J connectivity index is 1.67. The van der Waals surface area contributed by atoms with E-state index >= 15 is 0 Å². The van der Waals surface area contributed by atoms with Crippen LogP contribution in [0.5, 0.6) is 0 Å². The number of aryl methyl sites for hydroxylation is 1. The summed E-state index contributed by atoms with van der Waals surface area (Å²) in [6.45, 7) is 1.19. The lowest BCUT2D eigenvalue weighted by atomic mass is 9.96. The van der Waals surface area contributed by atoms with Gasteiger partial charge in [0.25, 0.3) is 0 Å². The highest BCUT2D eigenvalue weighted by atomic mass is 32.2. The maximum atomic E-state index is 12.3. The van der Waals surface area contributed by atoms with Gasteiger partial charge in [0, 0.05) is 12.7 Å². The number of nitrogens with one attached hydrogen (secondary N) is 1. The van der Waals surface area contributed by atoms with Crippen LogP contribution in [0.3, 0.4) is 0 Å². The first-order chi connectivity index (χ1) is 9.58. The van der Waals surface area contributed by atoms with E-state index in [0.29, 0.717) is 13.1 Å². The molecule has 2 aliphatic heterocycles. The van der Waals surface area contributed by atoms with Gasteiger partial charge in [-0.3, -0.25) is 4.68 Å². The van der Waals surface area contributed by atoms with Gasteiger partial charge in [0.2, 0.25) is 10.0 Å². The fraction of sp³-hybridized carbons (Fsp3) is 0.750. The maximum absolute atomic E-state index is 12.3. The van der Waals surface area contributed by atoms with E-state index in [2.05, 4.69) is 9.82 Å². The molecular weight excluding hydrogens is 280 g/mol. The van der Waals surface area contributed by atoms with Gasteiger partial charge in [-0.2, -0.15) is 5.10 Å². The Morgan fingerprint density at radius 3 is 3.00 bits per heavy atom. The van der Waals surface area contributed by atoms with Crippen LogP contribution in [-0.2, 0) is 21.3 Å². The molecule has 3 heterocycles. The molecule has 0 aliphatic carbocycles. The Morgan fingerprint density at radius 1 is 1.50 bits per heavy atom. The van der Waals surface area contributed by atoms with Crippen LogP contribution in [0.2, 0.25) is 0 Å². The van der Waals surface area contributed by atoms with Crippen molar-refractivity contribution in [2.45, 2.75) is 55.4 Å². The van der Waals surface area contributed by atoms with Gasteiger partial charge in [0.05, 0.1) is 24.4 Å². The molecule has 2 saturated heterocycles. The topological polar surface area (TPSA) is 99.2 Å². The molecule has 2 fully saturated rings. The fourth-order valence-electron chi connectivity index (χ4n) is 2.89. The number of nitrogens with two attached hydrogens (primary N) is 1. The van der Waals surface area contributed by atoms with Crippen molar-refractivity contribution in [1.29, 1.82) is 0 Å². The average molecular weight is 300 g/mol. The lowest BCUT2D eigenvalue weighted by Gasteiger charge is -2.19. The zero-order valence-electron chi connectivity index (χ0n) is 11.2. The van der Waals surface area contributed by atoms with Gasteiger partial charge in [-0.15, -0.1) is 0 Å². The summed E-state index contributed by atoms with van der Waals surface area (Å²) < 4.78 is 34.6. The van der Waals surface area contributed by atoms with Crippen LogP contribution in [0, 0.1) is 0 Å². The van der Waals surface area contributed by atoms with Gasteiger partial charge in [0.15, 0.2) is 0 Å². The first-order valence-electron chi connectivity index (χ1n) is 6.99. The SMILES string of the molecule is NCCCn1cc(S(=O)(=O)NC2CC3CCC2O3)cn1. The highest BCUT2D eigenvalue weighted by Gasteiger charge is 2.42. The van der Waals surface area contributed by atoms with Gasteiger partial charge in [-0.25, -0.2) is 13.1 Å². The molecular formula is C12H20N4O3S. The van der Waals surface area contributed by atoms with Gasteiger partial charge in [-0.1, -0.05) is 0 Å². The molecule has 0 saturated carbocycles. The minimum atomic E-state index is -3.51. The summed E-state index contributed by atoms with van der Waals surface area (Å²) in [6.07, 6.45) is 6.70. The quantitative estimate of drug-likeness (QED) is 0.760. The molecule has 2 aliphatic rings. The summed E-state index contributed by atoms with van der Waals surface area (Å²) in [5.74, 6) is 0. The van der Waals surface area contributed by atoms with Crippen molar-refractivity contribution < 1.29 is 13.2 Å². The molecule has 0 aromatic carbocycles. The van der Waals surface area contributed by atoms with Gasteiger partial charge in [-0.05, 0) is 32.2 Å². The number of nitrogens with zero attached hydrogens (tertiary/aromatic N) is 2. The summed E-state index contributed by atoms with van der Waals surface area (Å²) in [4.78, 5) is 0.206. The summed E-state index contributed by atoms with van der Waals surface area (Å²) in [7, 11) is -3.51. The molecule has 3 unspecified atom stereocenters. The van der Waals surface area contributed by atoms with Crippen molar-refractivity contribution >= 4 is 10.0 Å². The summed E-state index contributed by atoms with van der Waals surface area (Å²) in [6, 6.07) is -0.105. The van der Waals surface area contributed by atoms with Gasteiger partial charge >= 0.3 is 0 Å². The van der Waals surface area contributed by atoms with Gasteiger partial charge in [0.1, 0.15) is 4.90 Å².